The molecule has 0 N–H and O–H groups in total. The Balaban J connectivity index is 1.10. The van der Waals surface area contributed by atoms with Gasteiger partial charge in [-0.1, -0.05) is 182 Å². The van der Waals surface area contributed by atoms with Crippen molar-refractivity contribution in [2.24, 2.45) is 0 Å². The van der Waals surface area contributed by atoms with Crippen molar-refractivity contribution in [3.8, 4) is 78.8 Å². The van der Waals surface area contributed by atoms with Gasteiger partial charge in [0.25, 0.3) is 0 Å². The fourth-order valence-electron chi connectivity index (χ4n) is 9.66. The maximum Gasteiger partial charge on any atom is 0.160 e. The number of rotatable bonds is 5. The molecule has 0 bridgehead atoms. The van der Waals surface area contributed by atoms with Crippen LogP contribution in [0.4, 0.5) is 0 Å². The van der Waals surface area contributed by atoms with Crippen molar-refractivity contribution < 1.29 is 4.74 Å². The Kier molecular flexibility index (Phi) is 7.72. The third kappa shape index (κ3) is 5.14. The van der Waals surface area contributed by atoms with E-state index in [2.05, 4.69) is 176 Å². The predicted molar refractivity (Wildman–Crippen MR) is 242 cm³/mol. The summed E-state index contributed by atoms with van der Waals surface area (Å²) in [6.07, 6.45) is 1.89. The molecule has 1 spiro atoms. The highest BCUT2D eigenvalue weighted by Crippen LogP contribution is 2.64. The van der Waals surface area contributed by atoms with Crippen LogP contribution in [0.5, 0.6) is 11.5 Å². The number of aromatic nitrogens is 3. The molecule has 0 fully saturated rings. The monoisotopic (exact) mass is 765 g/mol. The summed E-state index contributed by atoms with van der Waals surface area (Å²) in [6, 6.07) is 72.9. The first-order chi connectivity index (χ1) is 29.8. The van der Waals surface area contributed by atoms with E-state index in [4.69, 9.17) is 19.7 Å². The number of fused-ring (bicyclic) bond motifs is 10. The summed E-state index contributed by atoms with van der Waals surface area (Å²) < 4.78 is 6.69. The summed E-state index contributed by atoms with van der Waals surface area (Å²) in [4.78, 5) is 15.1. The second-order valence-electron chi connectivity index (χ2n) is 15.5. The molecule has 10 aromatic rings. The molecule has 0 unspecified atom stereocenters. The molecule has 1 aliphatic heterocycles. The number of ether oxygens (including phenoxy) is 1. The third-order valence-corrected chi connectivity index (χ3v) is 12.2. The smallest absolute Gasteiger partial charge is 0.160 e. The molecular weight excluding hydrogens is 731 g/mol. The van der Waals surface area contributed by atoms with Crippen LogP contribution in [0.1, 0.15) is 22.3 Å². The molecule has 2 aromatic heterocycles. The van der Waals surface area contributed by atoms with Gasteiger partial charge in [0.1, 0.15) is 11.5 Å². The Morgan fingerprint density at radius 1 is 0.367 bits per heavy atom. The van der Waals surface area contributed by atoms with E-state index in [0.29, 0.717) is 5.82 Å². The Morgan fingerprint density at radius 2 is 0.867 bits per heavy atom. The van der Waals surface area contributed by atoms with Crippen LogP contribution in [0.2, 0.25) is 0 Å². The molecule has 0 atom stereocenters. The average molecular weight is 766 g/mol. The molecule has 4 heteroatoms. The molecule has 4 nitrogen and oxygen atoms in total. The summed E-state index contributed by atoms with van der Waals surface area (Å²) in [5.74, 6) is 2.44. The van der Waals surface area contributed by atoms with E-state index in [9.17, 15) is 0 Å². The van der Waals surface area contributed by atoms with Gasteiger partial charge in [-0.15, -0.1) is 0 Å². The van der Waals surface area contributed by atoms with Crippen molar-refractivity contribution in [2.75, 3.05) is 0 Å². The highest BCUT2D eigenvalue weighted by atomic mass is 16.5. The topological polar surface area (TPSA) is 47.9 Å². The van der Waals surface area contributed by atoms with Gasteiger partial charge in [0.2, 0.25) is 0 Å². The summed E-state index contributed by atoms with van der Waals surface area (Å²) in [5, 5.41) is 1.11. The minimum atomic E-state index is -0.622. The number of pyridine rings is 1. The molecule has 3 heterocycles. The van der Waals surface area contributed by atoms with Gasteiger partial charge in [-0.05, 0) is 63.2 Å². The Labute approximate surface area is 348 Å². The molecule has 0 saturated heterocycles. The zero-order valence-electron chi connectivity index (χ0n) is 32.5. The van der Waals surface area contributed by atoms with Crippen LogP contribution in [-0.4, -0.2) is 15.0 Å². The molecule has 0 radical (unpaired) electrons. The van der Waals surface area contributed by atoms with E-state index < -0.39 is 5.41 Å². The first-order valence-electron chi connectivity index (χ1n) is 20.3. The summed E-state index contributed by atoms with van der Waals surface area (Å²) >= 11 is 0. The van der Waals surface area contributed by atoms with Gasteiger partial charge >= 0.3 is 0 Å². The van der Waals surface area contributed by atoms with Crippen molar-refractivity contribution >= 4 is 10.9 Å². The fourth-order valence-corrected chi connectivity index (χ4v) is 9.66. The third-order valence-electron chi connectivity index (χ3n) is 12.2. The lowest BCUT2D eigenvalue weighted by atomic mass is 9.66. The van der Waals surface area contributed by atoms with E-state index in [-0.39, 0.29) is 0 Å². The van der Waals surface area contributed by atoms with Crippen LogP contribution in [0.25, 0.3) is 78.2 Å². The van der Waals surface area contributed by atoms with Crippen LogP contribution in [0.3, 0.4) is 0 Å². The lowest BCUT2D eigenvalue weighted by Gasteiger charge is -2.39. The van der Waals surface area contributed by atoms with E-state index in [1.165, 1.54) is 22.3 Å². The average Bonchev–Trinajstić information content (AvgIpc) is 3.63. The minimum Gasteiger partial charge on any atom is -0.457 e. The summed E-state index contributed by atoms with van der Waals surface area (Å²) in [7, 11) is 0. The van der Waals surface area contributed by atoms with Gasteiger partial charge in [-0.25, -0.2) is 9.97 Å². The van der Waals surface area contributed by atoms with Crippen molar-refractivity contribution in [3.63, 3.8) is 0 Å². The van der Waals surface area contributed by atoms with E-state index in [0.717, 1.165) is 83.9 Å². The number of benzene rings is 8. The summed E-state index contributed by atoms with van der Waals surface area (Å²) in [5.41, 5.74) is 16.9. The second kappa shape index (κ2) is 13.6. The largest absolute Gasteiger partial charge is 0.457 e. The van der Waals surface area contributed by atoms with Crippen molar-refractivity contribution in [2.45, 2.75) is 5.41 Å². The molecule has 8 aromatic carbocycles. The molecule has 2 aliphatic rings. The van der Waals surface area contributed by atoms with Crippen LogP contribution in [0, 0.1) is 0 Å². The molecule has 0 amide bonds. The highest BCUT2D eigenvalue weighted by Gasteiger charge is 2.52. The van der Waals surface area contributed by atoms with Crippen molar-refractivity contribution in [1.82, 2.24) is 15.0 Å². The number of para-hydroxylation sites is 3. The molecule has 12 rings (SSSR count). The van der Waals surface area contributed by atoms with Gasteiger partial charge in [-0.3, -0.25) is 4.98 Å². The van der Waals surface area contributed by atoms with Crippen LogP contribution < -0.4 is 4.74 Å². The molecule has 60 heavy (non-hydrogen) atoms. The van der Waals surface area contributed by atoms with Gasteiger partial charge in [0.05, 0.1) is 22.3 Å². The highest BCUT2D eigenvalue weighted by molar-refractivity contribution is 6.06. The lowest BCUT2D eigenvalue weighted by molar-refractivity contribution is 0.436. The van der Waals surface area contributed by atoms with E-state index >= 15 is 0 Å². The first-order valence-corrected chi connectivity index (χ1v) is 20.3. The van der Waals surface area contributed by atoms with Crippen LogP contribution in [0.15, 0.2) is 212 Å². The van der Waals surface area contributed by atoms with Gasteiger partial charge in [0.15, 0.2) is 5.82 Å². The Bertz CT molecular complexity index is 3180. The van der Waals surface area contributed by atoms with Crippen LogP contribution in [-0.2, 0) is 5.41 Å². The quantitative estimate of drug-likeness (QED) is 0.175. The second-order valence-corrected chi connectivity index (χ2v) is 15.5. The molecule has 1 aliphatic carbocycles. The minimum absolute atomic E-state index is 0.622. The molecular formula is C56H35N3O. The SMILES string of the molecule is c1ccc(-c2cc(-c3ccc(-c4cccc5c4-c4c(-c6cccc7cccnc67)cccc4C54c5ccccc5Oc5ccccc54)cc3)nc(-c3ccccc3)n2)cc1. The maximum absolute atomic E-state index is 6.69. The van der Waals surface area contributed by atoms with Gasteiger partial charge in [0, 0.05) is 45.0 Å². The maximum atomic E-state index is 6.69. The normalized spacial score (nSPS) is 12.9. The van der Waals surface area contributed by atoms with Crippen LogP contribution >= 0.6 is 0 Å². The predicted octanol–water partition coefficient (Wildman–Crippen LogP) is 13.8. The Morgan fingerprint density at radius 3 is 1.55 bits per heavy atom. The molecule has 0 saturated carbocycles. The zero-order chi connectivity index (χ0) is 39.6. The summed E-state index contributed by atoms with van der Waals surface area (Å²) in [6.45, 7) is 0. The lowest BCUT2D eigenvalue weighted by Crippen LogP contribution is -2.32. The number of hydrogen-bond donors (Lipinski definition) is 0. The Hall–Kier alpha value is -7.95. The standard InChI is InChI=1S/C56H35N3O/c1-3-15-37(16-4-1)48-35-49(59-55(58-48)40-17-5-2-6-18-40)38-32-30-36(31-33-38)41-21-12-26-46-52(41)53-42(43-23-11-19-39-20-14-34-57-54(39)43)22-13-27-47(53)56(46)44-24-7-9-28-50(44)60-51-29-10-8-25-45(51)56/h1-35H. The number of hydrogen-bond acceptors (Lipinski definition) is 4. The van der Waals surface area contributed by atoms with E-state index in [1.54, 1.807) is 0 Å². The molecule has 280 valence electrons. The zero-order valence-corrected chi connectivity index (χ0v) is 32.5. The van der Waals surface area contributed by atoms with E-state index in [1.807, 2.05) is 36.5 Å². The van der Waals surface area contributed by atoms with Gasteiger partial charge < -0.3 is 4.74 Å². The van der Waals surface area contributed by atoms with Crippen molar-refractivity contribution in [3.05, 3.63) is 235 Å². The van der Waals surface area contributed by atoms with Gasteiger partial charge in [-0.2, -0.15) is 0 Å². The first kappa shape index (κ1) is 34.1. The fraction of sp³-hybridized carbons (Fsp3) is 0.0179. The van der Waals surface area contributed by atoms with Crippen molar-refractivity contribution in [1.29, 1.82) is 0 Å². The number of nitrogens with zero attached hydrogens (tertiary/aromatic N) is 3.